The van der Waals surface area contributed by atoms with Crippen molar-refractivity contribution in [3.05, 3.63) is 95.4 Å². The van der Waals surface area contributed by atoms with Crippen molar-refractivity contribution in [2.45, 2.75) is 11.1 Å². The highest BCUT2D eigenvalue weighted by Crippen LogP contribution is 2.20. The molecule has 1 heterocycles. The molecule has 8 heteroatoms. The Morgan fingerprint density at radius 2 is 1.58 bits per heavy atom. The number of fused-ring (bicyclic) bond motifs is 1. The fourth-order valence-electron chi connectivity index (χ4n) is 2.99. The Morgan fingerprint density at radius 1 is 0.871 bits per heavy atom. The fourth-order valence-corrected chi connectivity index (χ4v) is 5.04. The molecular formula is C23H19N3O3S2. The first-order chi connectivity index (χ1) is 14.9. The number of nitrogens with zero attached hydrogens (tertiary/aromatic N) is 1. The summed E-state index contributed by atoms with van der Waals surface area (Å²) in [5.41, 5.74) is 4.89. The largest absolute Gasteiger partial charge is 0.279 e. The van der Waals surface area contributed by atoms with Gasteiger partial charge in [0.25, 0.3) is 15.9 Å². The van der Waals surface area contributed by atoms with Crippen molar-refractivity contribution in [2.24, 2.45) is 5.10 Å². The van der Waals surface area contributed by atoms with E-state index in [4.69, 9.17) is 0 Å². The average Bonchev–Trinajstić information content (AvgIpc) is 3.33. The van der Waals surface area contributed by atoms with Crippen LogP contribution < -0.4 is 10.1 Å². The van der Waals surface area contributed by atoms with Gasteiger partial charge in [0, 0.05) is 11.3 Å². The van der Waals surface area contributed by atoms with Crippen LogP contribution >= 0.6 is 11.3 Å². The Bertz CT molecular complexity index is 1360. The molecule has 0 aliphatic carbocycles. The van der Waals surface area contributed by atoms with Crippen LogP contribution in [0.15, 0.2) is 93.6 Å². The second kappa shape index (κ2) is 8.71. The maximum absolute atomic E-state index is 12.4. The molecule has 0 aliphatic heterocycles. The van der Waals surface area contributed by atoms with E-state index in [9.17, 15) is 13.2 Å². The van der Waals surface area contributed by atoms with Gasteiger partial charge < -0.3 is 0 Å². The van der Waals surface area contributed by atoms with Crippen molar-refractivity contribution < 1.29 is 13.2 Å². The number of hydrogen-bond acceptors (Lipinski definition) is 5. The van der Waals surface area contributed by atoms with Crippen LogP contribution in [0.4, 0.5) is 5.69 Å². The molecular weight excluding hydrogens is 430 g/mol. The van der Waals surface area contributed by atoms with Crippen molar-refractivity contribution >= 4 is 49.4 Å². The fraction of sp³-hybridized carbons (Fsp3) is 0.0435. The van der Waals surface area contributed by atoms with Gasteiger partial charge in [-0.1, -0.05) is 42.5 Å². The van der Waals surface area contributed by atoms with Crippen molar-refractivity contribution in [2.75, 3.05) is 4.72 Å². The topological polar surface area (TPSA) is 87.6 Å². The van der Waals surface area contributed by atoms with Crippen molar-refractivity contribution in [1.82, 2.24) is 5.43 Å². The van der Waals surface area contributed by atoms with Gasteiger partial charge in [-0.3, -0.25) is 9.52 Å². The molecule has 0 unspecified atom stereocenters. The molecule has 1 amide bonds. The molecule has 0 saturated heterocycles. The predicted molar refractivity (Wildman–Crippen MR) is 125 cm³/mol. The van der Waals surface area contributed by atoms with Crippen LogP contribution in [0.3, 0.4) is 0 Å². The highest BCUT2D eigenvalue weighted by molar-refractivity contribution is 7.94. The molecule has 2 N–H and O–H groups in total. The number of thiophene rings is 1. The SMILES string of the molecule is CC(=NNC(=O)c1ccc(NS(=O)(=O)c2cccs2)cc1)c1ccc2ccccc2c1. The number of sulfonamides is 1. The minimum absolute atomic E-state index is 0.229. The van der Waals surface area contributed by atoms with Crippen LogP contribution in [0.2, 0.25) is 0 Å². The lowest BCUT2D eigenvalue weighted by atomic mass is 10.0. The molecule has 3 aromatic carbocycles. The van der Waals surface area contributed by atoms with Crippen LogP contribution in [0.5, 0.6) is 0 Å². The first-order valence-electron chi connectivity index (χ1n) is 9.42. The number of rotatable bonds is 6. The first-order valence-corrected chi connectivity index (χ1v) is 11.8. The molecule has 0 atom stereocenters. The van der Waals surface area contributed by atoms with Gasteiger partial charge in [-0.2, -0.15) is 5.10 Å². The zero-order chi connectivity index (χ0) is 21.8. The van der Waals surface area contributed by atoms with Crippen LogP contribution in [0.1, 0.15) is 22.8 Å². The zero-order valence-corrected chi connectivity index (χ0v) is 18.2. The Hall–Kier alpha value is -3.49. The van der Waals surface area contributed by atoms with E-state index in [2.05, 4.69) is 15.2 Å². The van der Waals surface area contributed by atoms with Crippen molar-refractivity contribution in [3.63, 3.8) is 0 Å². The number of nitrogens with one attached hydrogen (secondary N) is 2. The number of carbonyl (C=O) groups is 1. The van der Waals surface area contributed by atoms with Gasteiger partial charge in [-0.15, -0.1) is 11.3 Å². The van der Waals surface area contributed by atoms with Crippen LogP contribution in [0, 0.1) is 0 Å². The normalized spacial score (nSPS) is 12.0. The van der Waals surface area contributed by atoms with Gasteiger partial charge in [0.15, 0.2) is 0 Å². The molecule has 0 fully saturated rings. The molecule has 0 radical (unpaired) electrons. The predicted octanol–water partition coefficient (Wildman–Crippen LogP) is 4.86. The summed E-state index contributed by atoms with van der Waals surface area (Å²) in [5.74, 6) is -0.382. The van der Waals surface area contributed by atoms with E-state index in [-0.39, 0.29) is 10.1 Å². The Kier molecular flexibility index (Phi) is 5.83. The maximum Gasteiger partial charge on any atom is 0.271 e. The van der Waals surface area contributed by atoms with E-state index in [1.807, 2.05) is 49.4 Å². The van der Waals surface area contributed by atoms with E-state index in [1.165, 1.54) is 6.07 Å². The quantitative estimate of drug-likeness (QED) is 0.326. The maximum atomic E-state index is 12.4. The summed E-state index contributed by atoms with van der Waals surface area (Å²) in [6.45, 7) is 1.83. The summed E-state index contributed by atoms with van der Waals surface area (Å²) in [6, 6.07) is 23.4. The van der Waals surface area contributed by atoms with Gasteiger partial charge in [-0.05, 0) is 65.0 Å². The molecule has 0 spiro atoms. The molecule has 1 aromatic heterocycles. The Labute approximate surface area is 184 Å². The smallest absolute Gasteiger partial charge is 0.271 e. The molecule has 4 aromatic rings. The number of benzene rings is 3. The molecule has 4 rings (SSSR count). The molecule has 0 bridgehead atoms. The lowest BCUT2D eigenvalue weighted by Crippen LogP contribution is -2.19. The van der Waals surface area contributed by atoms with E-state index >= 15 is 0 Å². The Morgan fingerprint density at radius 3 is 2.29 bits per heavy atom. The third-order valence-corrected chi connectivity index (χ3v) is 7.43. The number of hydrazone groups is 1. The van der Waals surface area contributed by atoms with Crippen molar-refractivity contribution in [1.29, 1.82) is 0 Å². The second-order valence-electron chi connectivity index (χ2n) is 6.82. The number of amides is 1. The Balaban J connectivity index is 1.43. The zero-order valence-electron chi connectivity index (χ0n) is 16.6. The lowest BCUT2D eigenvalue weighted by molar-refractivity contribution is 0.0955. The van der Waals surface area contributed by atoms with Gasteiger partial charge in [-0.25, -0.2) is 13.8 Å². The summed E-state index contributed by atoms with van der Waals surface area (Å²) >= 11 is 1.14. The first kappa shape index (κ1) is 20.8. The summed E-state index contributed by atoms with van der Waals surface area (Å²) in [4.78, 5) is 12.4. The van der Waals surface area contributed by atoms with Gasteiger partial charge in [0.1, 0.15) is 4.21 Å². The summed E-state index contributed by atoms with van der Waals surface area (Å²) in [6.07, 6.45) is 0. The van der Waals surface area contributed by atoms with E-state index in [0.717, 1.165) is 27.7 Å². The van der Waals surface area contributed by atoms with Crippen LogP contribution in [-0.2, 0) is 10.0 Å². The molecule has 0 saturated carbocycles. The third-order valence-electron chi connectivity index (χ3n) is 4.65. The summed E-state index contributed by atoms with van der Waals surface area (Å²) in [7, 11) is -3.62. The van der Waals surface area contributed by atoms with Crippen molar-refractivity contribution in [3.8, 4) is 0 Å². The van der Waals surface area contributed by atoms with E-state index < -0.39 is 10.0 Å². The minimum atomic E-state index is -3.62. The summed E-state index contributed by atoms with van der Waals surface area (Å²) < 4.78 is 27.3. The lowest BCUT2D eigenvalue weighted by Gasteiger charge is -2.07. The molecule has 0 aliphatic rings. The molecule has 31 heavy (non-hydrogen) atoms. The molecule has 156 valence electrons. The van der Waals surface area contributed by atoms with Crippen LogP contribution in [-0.4, -0.2) is 20.0 Å². The summed E-state index contributed by atoms with van der Waals surface area (Å²) in [5, 5.41) is 8.13. The highest BCUT2D eigenvalue weighted by Gasteiger charge is 2.15. The third kappa shape index (κ3) is 4.82. The van der Waals surface area contributed by atoms with E-state index in [0.29, 0.717) is 17.0 Å². The van der Waals surface area contributed by atoms with Gasteiger partial charge in [0.05, 0.1) is 5.71 Å². The number of hydrogen-bond donors (Lipinski definition) is 2. The minimum Gasteiger partial charge on any atom is -0.279 e. The number of carbonyl (C=O) groups excluding carboxylic acids is 1. The number of anilines is 1. The average molecular weight is 450 g/mol. The van der Waals surface area contributed by atoms with Gasteiger partial charge >= 0.3 is 0 Å². The second-order valence-corrected chi connectivity index (χ2v) is 9.67. The van der Waals surface area contributed by atoms with Crippen LogP contribution in [0.25, 0.3) is 10.8 Å². The standard InChI is InChI=1S/C23H19N3O3S2/c1-16(19-9-8-17-5-2-3-6-20(17)15-19)24-25-23(27)18-10-12-21(13-11-18)26-31(28,29)22-7-4-14-30-22/h2-15,26H,1H3,(H,25,27). The highest BCUT2D eigenvalue weighted by atomic mass is 32.2. The monoisotopic (exact) mass is 449 g/mol. The molecule has 6 nitrogen and oxygen atoms in total. The van der Waals surface area contributed by atoms with E-state index in [1.54, 1.807) is 35.7 Å². The van der Waals surface area contributed by atoms with Gasteiger partial charge in [0.2, 0.25) is 0 Å².